The van der Waals surface area contributed by atoms with Crippen LogP contribution in [0.25, 0.3) is 0 Å². The van der Waals surface area contributed by atoms with E-state index in [1.54, 1.807) is 20.8 Å². The van der Waals surface area contributed by atoms with E-state index in [4.69, 9.17) is 15.3 Å². The third-order valence-electron chi connectivity index (χ3n) is 3.34. The summed E-state index contributed by atoms with van der Waals surface area (Å²) < 4.78 is 19.1. The lowest BCUT2D eigenvalue weighted by Gasteiger charge is -2.40. The molecule has 0 bridgehead atoms. The Morgan fingerprint density at radius 1 is 1.54 bits per heavy atom. The molecule has 0 unspecified atom stereocenters. The SMILES string of the molecule is CC(C)(C)OC(=O)N1CC[C@H]1C(N)=NOCc1ncnn1CCF. The normalized spacial score (nSPS) is 18.2. The minimum absolute atomic E-state index is 0.0137. The Kier molecular flexibility index (Phi) is 5.58. The second kappa shape index (κ2) is 7.45. The molecule has 0 saturated carbocycles. The first-order valence-corrected chi connectivity index (χ1v) is 7.69. The Morgan fingerprint density at radius 3 is 2.88 bits per heavy atom. The van der Waals surface area contributed by atoms with Gasteiger partial charge < -0.3 is 15.3 Å². The summed E-state index contributed by atoms with van der Waals surface area (Å²) in [6.45, 7) is 5.53. The van der Waals surface area contributed by atoms with Crippen LogP contribution in [0.2, 0.25) is 0 Å². The van der Waals surface area contributed by atoms with Gasteiger partial charge in [0.1, 0.15) is 18.6 Å². The summed E-state index contributed by atoms with van der Waals surface area (Å²) in [5, 5.41) is 7.69. The first-order valence-electron chi connectivity index (χ1n) is 7.69. The zero-order valence-electron chi connectivity index (χ0n) is 14.1. The summed E-state index contributed by atoms with van der Waals surface area (Å²) in [5.74, 6) is 0.630. The lowest BCUT2D eigenvalue weighted by Crippen LogP contribution is -2.58. The van der Waals surface area contributed by atoms with Crippen molar-refractivity contribution in [2.24, 2.45) is 10.9 Å². The van der Waals surface area contributed by atoms with E-state index in [1.807, 2.05) is 0 Å². The first-order chi connectivity index (χ1) is 11.3. The van der Waals surface area contributed by atoms with Gasteiger partial charge in [-0.05, 0) is 27.2 Å². The second-order valence-corrected chi connectivity index (χ2v) is 6.36. The number of nitrogens with two attached hydrogens (primary N) is 1. The van der Waals surface area contributed by atoms with Crippen LogP contribution in [0.5, 0.6) is 0 Å². The van der Waals surface area contributed by atoms with Crippen LogP contribution in [0.1, 0.15) is 33.0 Å². The number of nitrogens with zero attached hydrogens (tertiary/aromatic N) is 5. The van der Waals surface area contributed by atoms with Gasteiger partial charge in [0.15, 0.2) is 18.3 Å². The van der Waals surface area contributed by atoms with Gasteiger partial charge in [-0.3, -0.25) is 4.90 Å². The number of oxime groups is 1. The summed E-state index contributed by atoms with van der Waals surface area (Å²) in [5.41, 5.74) is 5.31. The monoisotopic (exact) mass is 342 g/mol. The van der Waals surface area contributed by atoms with Crippen LogP contribution in [0.15, 0.2) is 11.5 Å². The fraction of sp³-hybridized carbons (Fsp3) is 0.714. The molecule has 1 aliphatic rings. The molecule has 1 aliphatic heterocycles. The molecular weight excluding hydrogens is 319 g/mol. The lowest BCUT2D eigenvalue weighted by molar-refractivity contribution is 0.00449. The summed E-state index contributed by atoms with van der Waals surface area (Å²) in [7, 11) is 0. The van der Waals surface area contributed by atoms with Gasteiger partial charge in [-0.25, -0.2) is 18.9 Å². The van der Waals surface area contributed by atoms with Crippen LogP contribution >= 0.6 is 0 Å². The van der Waals surface area contributed by atoms with Crippen molar-refractivity contribution >= 4 is 11.9 Å². The van der Waals surface area contributed by atoms with Crippen LogP contribution < -0.4 is 5.73 Å². The highest BCUT2D eigenvalue weighted by Gasteiger charge is 2.38. The van der Waals surface area contributed by atoms with Gasteiger partial charge in [-0.15, -0.1) is 0 Å². The lowest BCUT2D eigenvalue weighted by atomic mass is 10.0. The molecule has 1 fully saturated rings. The van der Waals surface area contributed by atoms with Crippen LogP contribution in [0.3, 0.4) is 0 Å². The topological polar surface area (TPSA) is 108 Å². The van der Waals surface area contributed by atoms with Crippen molar-refractivity contribution in [1.29, 1.82) is 0 Å². The third-order valence-corrected chi connectivity index (χ3v) is 3.34. The largest absolute Gasteiger partial charge is 0.444 e. The Hall–Kier alpha value is -2.39. The molecule has 2 N–H and O–H groups in total. The number of amides is 1. The van der Waals surface area contributed by atoms with Crippen molar-refractivity contribution in [3.63, 3.8) is 0 Å². The zero-order valence-corrected chi connectivity index (χ0v) is 14.1. The number of carbonyl (C=O) groups is 1. The Bertz CT molecular complexity index is 598. The average Bonchev–Trinajstić information content (AvgIpc) is 2.83. The maximum atomic E-state index is 12.4. The fourth-order valence-electron chi connectivity index (χ4n) is 2.13. The molecule has 1 saturated heterocycles. The number of ether oxygens (including phenoxy) is 1. The van der Waals surface area contributed by atoms with Crippen molar-refractivity contribution in [3.05, 3.63) is 12.2 Å². The van der Waals surface area contributed by atoms with E-state index in [-0.39, 0.29) is 25.0 Å². The standard InChI is InChI=1S/C14H23FN6O3/c1-14(2,3)24-13(22)20-6-4-10(20)12(16)19-23-8-11-17-9-18-21(11)7-5-15/h9-10H,4-8H2,1-3H3,(H2,16,19)/t10-/m0/s1. The predicted molar refractivity (Wildman–Crippen MR) is 83.8 cm³/mol. The van der Waals surface area contributed by atoms with Crippen molar-refractivity contribution in [3.8, 4) is 0 Å². The summed E-state index contributed by atoms with van der Waals surface area (Å²) in [6.07, 6.45) is 1.58. The number of alkyl halides is 1. The number of hydrogen-bond donors (Lipinski definition) is 1. The van der Waals surface area contributed by atoms with Crippen molar-refractivity contribution < 1.29 is 18.8 Å². The highest BCUT2D eigenvalue weighted by Crippen LogP contribution is 2.21. The molecule has 2 heterocycles. The zero-order chi connectivity index (χ0) is 17.7. The number of hydrogen-bond acceptors (Lipinski definition) is 6. The third kappa shape index (κ3) is 4.56. The first kappa shape index (κ1) is 18.0. The van der Waals surface area contributed by atoms with Gasteiger partial charge >= 0.3 is 6.09 Å². The molecule has 134 valence electrons. The molecule has 9 nitrogen and oxygen atoms in total. The highest BCUT2D eigenvalue weighted by molar-refractivity contribution is 5.89. The number of carbonyl (C=O) groups excluding carboxylic acids is 1. The number of amidine groups is 1. The Balaban J connectivity index is 1.87. The van der Waals surface area contributed by atoms with E-state index in [9.17, 15) is 9.18 Å². The van der Waals surface area contributed by atoms with E-state index < -0.39 is 18.4 Å². The summed E-state index contributed by atoms with van der Waals surface area (Å²) in [4.78, 5) is 22.6. The average molecular weight is 342 g/mol. The van der Waals surface area contributed by atoms with Crippen molar-refractivity contribution in [1.82, 2.24) is 19.7 Å². The van der Waals surface area contributed by atoms with Gasteiger partial charge in [-0.2, -0.15) is 5.10 Å². The van der Waals surface area contributed by atoms with Gasteiger partial charge in [-0.1, -0.05) is 5.16 Å². The predicted octanol–water partition coefficient (Wildman–Crippen LogP) is 1.05. The van der Waals surface area contributed by atoms with Crippen molar-refractivity contribution in [2.45, 2.75) is 52.0 Å². The molecule has 0 spiro atoms. The molecular formula is C14H23FN6O3. The van der Waals surface area contributed by atoms with E-state index >= 15 is 0 Å². The number of rotatable bonds is 6. The van der Waals surface area contributed by atoms with E-state index in [1.165, 1.54) is 15.9 Å². The van der Waals surface area contributed by atoms with Crippen LogP contribution in [0.4, 0.5) is 9.18 Å². The minimum Gasteiger partial charge on any atom is -0.444 e. The number of halogens is 1. The van der Waals surface area contributed by atoms with E-state index in [2.05, 4.69) is 15.2 Å². The molecule has 1 aromatic rings. The number of aryl methyl sites for hydroxylation is 1. The molecule has 10 heteroatoms. The molecule has 1 aromatic heterocycles. The van der Waals surface area contributed by atoms with Crippen LogP contribution in [0, 0.1) is 0 Å². The molecule has 24 heavy (non-hydrogen) atoms. The molecule has 1 amide bonds. The highest BCUT2D eigenvalue weighted by atomic mass is 19.1. The van der Waals surface area contributed by atoms with Crippen LogP contribution in [-0.2, 0) is 22.7 Å². The smallest absolute Gasteiger partial charge is 0.410 e. The Labute approximate surface area is 139 Å². The summed E-state index contributed by atoms with van der Waals surface area (Å²) >= 11 is 0. The maximum absolute atomic E-state index is 12.4. The summed E-state index contributed by atoms with van der Waals surface area (Å²) in [6, 6.07) is -0.344. The maximum Gasteiger partial charge on any atom is 0.410 e. The number of likely N-dealkylation sites (tertiary alicyclic amines) is 1. The van der Waals surface area contributed by atoms with Crippen molar-refractivity contribution in [2.75, 3.05) is 13.2 Å². The fourth-order valence-corrected chi connectivity index (χ4v) is 2.13. The Morgan fingerprint density at radius 2 is 2.29 bits per heavy atom. The second-order valence-electron chi connectivity index (χ2n) is 6.36. The molecule has 1 atom stereocenters. The van der Waals surface area contributed by atoms with Gasteiger partial charge in [0.05, 0.1) is 12.6 Å². The van der Waals surface area contributed by atoms with Crippen LogP contribution in [-0.4, -0.2) is 56.5 Å². The van der Waals surface area contributed by atoms with Gasteiger partial charge in [0.2, 0.25) is 0 Å². The molecule has 0 radical (unpaired) electrons. The molecule has 2 rings (SSSR count). The molecule has 0 aromatic carbocycles. The molecule has 0 aliphatic carbocycles. The quantitative estimate of drug-likeness (QED) is 0.470. The van der Waals surface area contributed by atoms with Gasteiger partial charge in [0.25, 0.3) is 0 Å². The number of aromatic nitrogens is 3. The van der Waals surface area contributed by atoms with Gasteiger partial charge in [0, 0.05) is 6.54 Å². The van der Waals surface area contributed by atoms with E-state index in [0.717, 1.165) is 0 Å². The minimum atomic E-state index is -0.569. The van der Waals surface area contributed by atoms with E-state index in [0.29, 0.717) is 18.8 Å².